The van der Waals surface area contributed by atoms with Crippen molar-refractivity contribution < 1.29 is 15.1 Å². The van der Waals surface area contributed by atoms with Crippen LogP contribution in [0.15, 0.2) is 24.3 Å². The minimum absolute atomic E-state index is 0.721. The quantitative estimate of drug-likeness (QED) is 0.338. The highest BCUT2D eigenvalue weighted by Crippen LogP contribution is 2.09. The summed E-state index contributed by atoms with van der Waals surface area (Å²) < 4.78 is 0. The van der Waals surface area contributed by atoms with Crippen LogP contribution in [0.1, 0.15) is 0 Å². The molecule has 0 spiro atoms. The lowest BCUT2D eigenvalue weighted by Crippen LogP contribution is -2.07. The van der Waals surface area contributed by atoms with Crippen molar-refractivity contribution in [3.05, 3.63) is 29.3 Å². The van der Waals surface area contributed by atoms with Crippen molar-refractivity contribution in [3.8, 4) is 0 Å². The van der Waals surface area contributed by atoms with E-state index in [9.17, 15) is 0 Å². The Labute approximate surface area is 75.4 Å². The van der Waals surface area contributed by atoms with Crippen LogP contribution in [0, 0.1) is 0 Å². The van der Waals surface area contributed by atoms with Crippen molar-refractivity contribution in [2.24, 2.45) is 0 Å². The Bertz CT molecular complexity index is 193. The second kappa shape index (κ2) is 5.85. The van der Waals surface area contributed by atoms with Gasteiger partial charge in [-0.3, -0.25) is 0 Å². The van der Waals surface area contributed by atoms with Gasteiger partial charge >= 0.3 is 7.32 Å². The lowest BCUT2D eigenvalue weighted by atomic mass is 10.3. The van der Waals surface area contributed by atoms with Crippen LogP contribution >= 0.6 is 11.6 Å². The third-order valence-corrected chi connectivity index (χ3v) is 1.12. The predicted octanol–water partition coefficient (Wildman–Crippen LogP) is -0.130. The highest BCUT2D eigenvalue weighted by molar-refractivity contribution is 6.30. The van der Waals surface area contributed by atoms with Gasteiger partial charge in [-0.25, -0.2) is 0 Å². The van der Waals surface area contributed by atoms with Crippen LogP contribution in [0.5, 0.6) is 0 Å². The molecule has 5 N–H and O–H groups in total. The van der Waals surface area contributed by atoms with Crippen molar-refractivity contribution in [1.82, 2.24) is 0 Å². The number of hydrogen-bond donors (Lipinski definition) is 4. The predicted molar refractivity (Wildman–Crippen MR) is 48.3 cm³/mol. The van der Waals surface area contributed by atoms with Crippen molar-refractivity contribution in [1.29, 1.82) is 0 Å². The Kier molecular flexibility index (Phi) is 5.49. The molecule has 0 aliphatic heterocycles. The molecule has 0 heterocycles. The molecule has 66 valence electrons. The van der Waals surface area contributed by atoms with Crippen LogP contribution in [-0.4, -0.2) is 22.4 Å². The number of benzene rings is 1. The van der Waals surface area contributed by atoms with Crippen LogP contribution < -0.4 is 5.73 Å². The molecule has 1 rings (SSSR count). The van der Waals surface area contributed by atoms with Crippen LogP contribution in [0.25, 0.3) is 0 Å². The molecular formula is C6H9BClNO3. The SMILES string of the molecule is Nc1ccc(Cl)cc1.OB(O)O. The molecule has 0 amide bonds. The van der Waals surface area contributed by atoms with E-state index in [1.54, 1.807) is 24.3 Å². The fourth-order valence-electron chi connectivity index (χ4n) is 0.463. The zero-order chi connectivity index (χ0) is 9.56. The molecule has 6 heteroatoms. The Morgan fingerprint density at radius 2 is 1.42 bits per heavy atom. The molecule has 0 saturated carbocycles. The molecule has 0 radical (unpaired) electrons. The fraction of sp³-hybridized carbons (Fsp3) is 0. The molecule has 12 heavy (non-hydrogen) atoms. The topological polar surface area (TPSA) is 86.7 Å². The van der Waals surface area contributed by atoms with Crippen molar-refractivity contribution in [2.75, 3.05) is 5.73 Å². The smallest absolute Gasteiger partial charge is 0.402 e. The third-order valence-electron chi connectivity index (χ3n) is 0.870. The first-order chi connectivity index (χ1) is 5.52. The number of nitrogen functional groups attached to an aromatic ring is 1. The molecule has 0 saturated heterocycles. The molecule has 0 bridgehead atoms. The summed E-state index contributed by atoms with van der Waals surface area (Å²) in [6, 6.07) is 7.05. The number of halogens is 1. The number of rotatable bonds is 0. The lowest BCUT2D eigenvalue weighted by molar-refractivity contribution is 0.278. The largest absolute Gasteiger partial charge is 0.631 e. The Hall–Kier alpha value is -0.745. The first kappa shape index (κ1) is 11.3. The van der Waals surface area contributed by atoms with E-state index in [1.807, 2.05) is 0 Å². The van der Waals surface area contributed by atoms with Gasteiger partial charge in [0.15, 0.2) is 0 Å². The van der Waals surface area contributed by atoms with Crippen LogP contribution in [-0.2, 0) is 0 Å². The van der Waals surface area contributed by atoms with Crippen molar-refractivity contribution in [3.63, 3.8) is 0 Å². The molecule has 1 aromatic carbocycles. The number of hydrogen-bond acceptors (Lipinski definition) is 4. The second-order valence-corrected chi connectivity index (χ2v) is 2.33. The second-order valence-electron chi connectivity index (χ2n) is 1.90. The van der Waals surface area contributed by atoms with E-state index < -0.39 is 7.32 Å². The summed E-state index contributed by atoms with van der Waals surface area (Å²) in [4.78, 5) is 0. The van der Waals surface area contributed by atoms with Gasteiger partial charge in [-0.05, 0) is 24.3 Å². The molecule has 1 aromatic rings. The van der Waals surface area contributed by atoms with Gasteiger partial charge in [-0.15, -0.1) is 0 Å². The first-order valence-corrected chi connectivity index (χ1v) is 3.45. The van der Waals surface area contributed by atoms with E-state index in [0.717, 1.165) is 10.7 Å². The summed E-state index contributed by atoms with van der Waals surface area (Å²) in [5.74, 6) is 0. The summed E-state index contributed by atoms with van der Waals surface area (Å²) in [6.45, 7) is 0. The Balaban J connectivity index is 0.000000261. The zero-order valence-electron chi connectivity index (χ0n) is 6.18. The van der Waals surface area contributed by atoms with E-state index in [-0.39, 0.29) is 0 Å². The maximum atomic E-state index is 7.17. The molecule has 0 aliphatic carbocycles. The van der Waals surface area contributed by atoms with Gasteiger partial charge in [0.05, 0.1) is 0 Å². The van der Waals surface area contributed by atoms with Gasteiger partial charge in [0.2, 0.25) is 0 Å². The summed E-state index contributed by atoms with van der Waals surface area (Å²) in [6.07, 6.45) is 0. The summed E-state index contributed by atoms with van der Waals surface area (Å²) >= 11 is 5.56. The molecule has 0 aromatic heterocycles. The minimum atomic E-state index is -2.17. The maximum absolute atomic E-state index is 7.17. The van der Waals surface area contributed by atoms with E-state index in [1.165, 1.54) is 0 Å². The van der Waals surface area contributed by atoms with Gasteiger partial charge in [0.1, 0.15) is 0 Å². The lowest BCUT2D eigenvalue weighted by Gasteiger charge is -1.88. The molecule has 0 fully saturated rings. The van der Waals surface area contributed by atoms with Gasteiger partial charge < -0.3 is 20.8 Å². The average molecular weight is 189 g/mol. The van der Waals surface area contributed by atoms with E-state index in [4.69, 9.17) is 32.4 Å². The Morgan fingerprint density at radius 1 is 1.08 bits per heavy atom. The molecule has 0 unspecified atom stereocenters. The van der Waals surface area contributed by atoms with E-state index >= 15 is 0 Å². The molecular weight excluding hydrogens is 180 g/mol. The minimum Gasteiger partial charge on any atom is -0.402 e. The third kappa shape index (κ3) is 7.36. The van der Waals surface area contributed by atoms with E-state index in [0.29, 0.717) is 0 Å². The van der Waals surface area contributed by atoms with Crippen LogP contribution in [0.4, 0.5) is 5.69 Å². The number of nitrogens with two attached hydrogens (primary N) is 1. The Morgan fingerprint density at radius 3 is 1.67 bits per heavy atom. The number of anilines is 1. The van der Waals surface area contributed by atoms with E-state index in [2.05, 4.69) is 0 Å². The molecule has 0 atom stereocenters. The average Bonchev–Trinajstić information content (AvgIpc) is 1.94. The van der Waals surface area contributed by atoms with Crippen molar-refractivity contribution in [2.45, 2.75) is 0 Å². The van der Waals surface area contributed by atoms with Gasteiger partial charge in [-0.1, -0.05) is 11.6 Å². The first-order valence-electron chi connectivity index (χ1n) is 3.07. The fourth-order valence-corrected chi connectivity index (χ4v) is 0.589. The van der Waals surface area contributed by atoms with Gasteiger partial charge in [0, 0.05) is 10.7 Å². The summed E-state index contributed by atoms with van der Waals surface area (Å²) in [5.41, 5.74) is 6.11. The highest BCUT2D eigenvalue weighted by atomic mass is 35.5. The van der Waals surface area contributed by atoms with Crippen LogP contribution in [0.3, 0.4) is 0 Å². The van der Waals surface area contributed by atoms with Crippen molar-refractivity contribution >= 4 is 24.6 Å². The summed E-state index contributed by atoms with van der Waals surface area (Å²) in [7, 11) is -2.17. The molecule has 4 nitrogen and oxygen atoms in total. The monoisotopic (exact) mass is 189 g/mol. The standard InChI is InChI=1S/C6H6ClN.BH3O3/c7-5-1-3-6(8)4-2-5;2-1(3)4/h1-4H,8H2;2-4H. The normalized spacial score (nSPS) is 8.33. The summed E-state index contributed by atoms with van der Waals surface area (Å²) in [5, 5.41) is 22.2. The maximum Gasteiger partial charge on any atom is 0.631 e. The van der Waals surface area contributed by atoms with Crippen LogP contribution in [0.2, 0.25) is 5.02 Å². The van der Waals surface area contributed by atoms with Gasteiger partial charge in [-0.2, -0.15) is 0 Å². The highest BCUT2D eigenvalue weighted by Gasteiger charge is 1.92. The zero-order valence-corrected chi connectivity index (χ0v) is 6.94. The van der Waals surface area contributed by atoms with Gasteiger partial charge in [0.25, 0.3) is 0 Å². The molecule has 0 aliphatic rings.